The third-order valence-corrected chi connectivity index (χ3v) is 4.48. The van der Waals surface area contributed by atoms with Gasteiger partial charge in [0.05, 0.1) is 10.2 Å². The van der Waals surface area contributed by atoms with Crippen molar-refractivity contribution >= 4 is 48.5 Å². The Kier molecular flexibility index (Phi) is 2.88. The Hall–Kier alpha value is -0.940. The fourth-order valence-corrected chi connectivity index (χ4v) is 3.25. The van der Waals surface area contributed by atoms with Gasteiger partial charge in [0.25, 0.3) is 0 Å². The zero-order valence-electron chi connectivity index (χ0n) is 9.07. The molecule has 1 aliphatic rings. The van der Waals surface area contributed by atoms with E-state index in [9.17, 15) is 4.79 Å². The molecule has 3 rings (SSSR count). The topological polar surface area (TPSA) is 42.0 Å². The van der Waals surface area contributed by atoms with E-state index < -0.39 is 0 Å². The molecule has 5 heteroatoms. The van der Waals surface area contributed by atoms with Crippen molar-refractivity contribution < 1.29 is 4.79 Å². The maximum atomic E-state index is 11.8. The number of aromatic nitrogens is 1. The zero-order chi connectivity index (χ0) is 11.8. The first-order chi connectivity index (χ1) is 8.22. The summed E-state index contributed by atoms with van der Waals surface area (Å²) in [6.07, 6.45) is 3.20. The number of hydrogen-bond acceptors (Lipinski definition) is 3. The van der Waals surface area contributed by atoms with Crippen LogP contribution in [0.3, 0.4) is 0 Å². The zero-order valence-corrected chi connectivity index (χ0v) is 11.5. The number of hydrogen-bond donors (Lipinski definition) is 1. The lowest BCUT2D eigenvalue weighted by Crippen LogP contribution is -2.27. The number of halogens is 1. The Labute approximate surface area is 111 Å². The number of carbonyl (C=O) groups is 1. The first kappa shape index (κ1) is 11.2. The molecule has 0 unspecified atom stereocenters. The van der Waals surface area contributed by atoms with Crippen LogP contribution in [0.25, 0.3) is 10.2 Å². The summed E-state index contributed by atoms with van der Waals surface area (Å²) in [5, 5.41) is 3.61. The number of amides is 1. The first-order valence-corrected chi connectivity index (χ1v) is 7.20. The summed E-state index contributed by atoms with van der Waals surface area (Å²) in [5.74, 6) is 0.322. The maximum Gasteiger partial charge on any atom is 0.229 e. The standard InChI is InChI=1S/C12H11BrN2OS/c13-8-4-5-9-10(6-8)17-12(14-9)15-11(16)7-2-1-3-7/h4-7H,1-3H2,(H,14,15,16). The van der Waals surface area contributed by atoms with E-state index in [0.29, 0.717) is 5.13 Å². The Bertz CT molecular complexity index is 577. The molecule has 1 fully saturated rings. The first-order valence-electron chi connectivity index (χ1n) is 5.59. The second-order valence-electron chi connectivity index (χ2n) is 4.25. The van der Waals surface area contributed by atoms with Gasteiger partial charge in [-0.05, 0) is 31.0 Å². The number of nitrogens with one attached hydrogen (secondary N) is 1. The van der Waals surface area contributed by atoms with Crippen molar-refractivity contribution in [1.29, 1.82) is 0 Å². The Morgan fingerprint density at radius 1 is 1.47 bits per heavy atom. The minimum absolute atomic E-state index is 0.120. The molecule has 1 saturated carbocycles. The number of anilines is 1. The molecule has 0 spiro atoms. The molecule has 0 bridgehead atoms. The molecule has 1 aliphatic carbocycles. The summed E-state index contributed by atoms with van der Waals surface area (Å²) >= 11 is 4.95. The van der Waals surface area contributed by atoms with Crippen LogP contribution >= 0.6 is 27.3 Å². The molecule has 0 atom stereocenters. The number of thiazole rings is 1. The summed E-state index contributed by atoms with van der Waals surface area (Å²) in [6.45, 7) is 0. The van der Waals surface area contributed by atoms with Crippen LogP contribution in [0.5, 0.6) is 0 Å². The van der Waals surface area contributed by atoms with Gasteiger partial charge in [-0.25, -0.2) is 4.98 Å². The molecule has 1 amide bonds. The predicted molar refractivity (Wildman–Crippen MR) is 73.3 cm³/mol. The summed E-state index contributed by atoms with van der Waals surface area (Å²) in [6, 6.07) is 5.93. The molecule has 1 aromatic heterocycles. The van der Waals surface area contributed by atoms with Crippen LogP contribution < -0.4 is 5.32 Å². The number of fused-ring (bicyclic) bond motifs is 1. The van der Waals surface area contributed by atoms with Crippen molar-refractivity contribution in [2.24, 2.45) is 5.92 Å². The van der Waals surface area contributed by atoms with Gasteiger partial charge in [0.1, 0.15) is 0 Å². The van der Waals surface area contributed by atoms with Crippen LogP contribution in [-0.4, -0.2) is 10.9 Å². The van der Waals surface area contributed by atoms with E-state index in [2.05, 4.69) is 26.2 Å². The van der Waals surface area contributed by atoms with Crippen molar-refractivity contribution in [3.8, 4) is 0 Å². The monoisotopic (exact) mass is 310 g/mol. The molecule has 0 aliphatic heterocycles. The van der Waals surface area contributed by atoms with Crippen molar-refractivity contribution in [1.82, 2.24) is 4.98 Å². The van der Waals surface area contributed by atoms with E-state index in [0.717, 1.165) is 27.5 Å². The highest BCUT2D eigenvalue weighted by Crippen LogP contribution is 2.31. The van der Waals surface area contributed by atoms with Gasteiger partial charge in [-0.15, -0.1) is 0 Å². The average Bonchev–Trinajstić information content (AvgIpc) is 2.55. The lowest BCUT2D eigenvalue weighted by atomic mass is 9.85. The Morgan fingerprint density at radius 3 is 3.00 bits per heavy atom. The van der Waals surface area contributed by atoms with Gasteiger partial charge in [0, 0.05) is 10.4 Å². The SMILES string of the molecule is O=C(Nc1nc2ccc(Br)cc2s1)C1CCC1. The minimum atomic E-state index is 0.120. The van der Waals surface area contributed by atoms with Crippen LogP contribution in [0.2, 0.25) is 0 Å². The van der Waals surface area contributed by atoms with E-state index in [4.69, 9.17) is 0 Å². The Morgan fingerprint density at radius 2 is 2.29 bits per heavy atom. The highest BCUT2D eigenvalue weighted by molar-refractivity contribution is 9.10. The molecule has 1 N–H and O–H groups in total. The molecule has 1 aromatic carbocycles. The van der Waals surface area contributed by atoms with Gasteiger partial charge >= 0.3 is 0 Å². The highest BCUT2D eigenvalue weighted by Gasteiger charge is 2.25. The van der Waals surface area contributed by atoms with Gasteiger partial charge in [-0.3, -0.25) is 4.79 Å². The van der Waals surface area contributed by atoms with Crippen molar-refractivity contribution in [2.75, 3.05) is 5.32 Å². The number of nitrogens with zero attached hydrogens (tertiary/aromatic N) is 1. The average molecular weight is 311 g/mol. The van der Waals surface area contributed by atoms with Crippen LogP contribution in [0, 0.1) is 5.92 Å². The normalized spacial score (nSPS) is 15.8. The quantitative estimate of drug-likeness (QED) is 0.916. The largest absolute Gasteiger partial charge is 0.302 e. The smallest absolute Gasteiger partial charge is 0.229 e. The summed E-state index contributed by atoms with van der Waals surface area (Å²) in [7, 11) is 0. The molecule has 88 valence electrons. The maximum absolute atomic E-state index is 11.8. The molecule has 0 radical (unpaired) electrons. The fraction of sp³-hybridized carbons (Fsp3) is 0.333. The summed E-state index contributed by atoms with van der Waals surface area (Å²) in [4.78, 5) is 16.2. The minimum Gasteiger partial charge on any atom is -0.302 e. The van der Waals surface area contributed by atoms with Gasteiger partial charge in [0.15, 0.2) is 5.13 Å². The van der Waals surface area contributed by atoms with E-state index in [1.807, 2.05) is 18.2 Å². The number of rotatable bonds is 2. The van der Waals surface area contributed by atoms with Gasteiger partial charge < -0.3 is 5.32 Å². The van der Waals surface area contributed by atoms with Crippen LogP contribution in [0.1, 0.15) is 19.3 Å². The predicted octanol–water partition coefficient (Wildman–Crippen LogP) is 3.80. The summed E-state index contributed by atoms with van der Waals surface area (Å²) < 4.78 is 2.12. The Balaban J connectivity index is 1.83. The lowest BCUT2D eigenvalue weighted by molar-refractivity contribution is -0.122. The van der Waals surface area contributed by atoms with Crippen molar-refractivity contribution in [2.45, 2.75) is 19.3 Å². The summed E-state index contributed by atoms with van der Waals surface area (Å²) in [5.41, 5.74) is 0.933. The molecular formula is C12H11BrN2OS. The molecule has 17 heavy (non-hydrogen) atoms. The van der Waals surface area contributed by atoms with Crippen LogP contribution in [0.15, 0.2) is 22.7 Å². The lowest BCUT2D eigenvalue weighted by Gasteiger charge is -2.23. The van der Waals surface area contributed by atoms with E-state index in [1.165, 1.54) is 17.8 Å². The van der Waals surface area contributed by atoms with Crippen molar-refractivity contribution in [3.05, 3.63) is 22.7 Å². The van der Waals surface area contributed by atoms with E-state index in [-0.39, 0.29) is 11.8 Å². The fourth-order valence-electron chi connectivity index (χ4n) is 1.83. The van der Waals surface area contributed by atoms with Gasteiger partial charge in [0.2, 0.25) is 5.91 Å². The molecule has 1 heterocycles. The second-order valence-corrected chi connectivity index (χ2v) is 6.19. The molecule has 3 nitrogen and oxygen atoms in total. The second kappa shape index (κ2) is 4.38. The van der Waals surface area contributed by atoms with Crippen LogP contribution in [-0.2, 0) is 4.79 Å². The molecule has 0 saturated heterocycles. The number of carbonyl (C=O) groups excluding carboxylic acids is 1. The van der Waals surface area contributed by atoms with E-state index in [1.54, 1.807) is 0 Å². The van der Waals surface area contributed by atoms with E-state index >= 15 is 0 Å². The van der Waals surface area contributed by atoms with Gasteiger partial charge in [-0.2, -0.15) is 0 Å². The third kappa shape index (κ3) is 2.21. The van der Waals surface area contributed by atoms with Gasteiger partial charge in [-0.1, -0.05) is 33.7 Å². The molecule has 2 aromatic rings. The highest BCUT2D eigenvalue weighted by atomic mass is 79.9. The van der Waals surface area contributed by atoms with Crippen LogP contribution in [0.4, 0.5) is 5.13 Å². The van der Waals surface area contributed by atoms with Crippen molar-refractivity contribution in [3.63, 3.8) is 0 Å². The molecular weight excluding hydrogens is 300 g/mol. The third-order valence-electron chi connectivity index (χ3n) is 3.06. The number of benzene rings is 1.